The number of rotatable bonds is 4. The van der Waals surface area contributed by atoms with Gasteiger partial charge < -0.3 is 0 Å². The van der Waals surface area contributed by atoms with Crippen molar-refractivity contribution in [2.24, 2.45) is 10.2 Å². The molecule has 30 heavy (non-hydrogen) atoms. The van der Waals surface area contributed by atoms with Crippen LogP contribution in [0, 0.1) is 6.92 Å². The van der Waals surface area contributed by atoms with Crippen LogP contribution in [0.15, 0.2) is 95.2 Å². The second-order valence-corrected chi connectivity index (χ2v) is 7.72. The van der Waals surface area contributed by atoms with Crippen molar-refractivity contribution in [3.8, 4) is 21.1 Å². The molecule has 0 radical (unpaired) electrons. The second kappa shape index (κ2) is 7.93. The molecule has 3 aromatic carbocycles. The van der Waals surface area contributed by atoms with Crippen LogP contribution in [0.3, 0.4) is 0 Å². The van der Waals surface area contributed by atoms with Crippen LogP contribution in [-0.4, -0.2) is 15.0 Å². The highest BCUT2D eigenvalue weighted by molar-refractivity contribution is 7.18. The van der Waals surface area contributed by atoms with Gasteiger partial charge in [-0.05, 0) is 31.2 Å². The first-order valence-electron chi connectivity index (χ1n) is 9.55. The predicted molar refractivity (Wildman–Crippen MR) is 121 cm³/mol. The molecule has 5 aromatic rings. The summed E-state index contributed by atoms with van der Waals surface area (Å²) in [7, 11) is 0. The third-order valence-corrected chi connectivity index (χ3v) is 5.81. The zero-order valence-electron chi connectivity index (χ0n) is 16.2. The van der Waals surface area contributed by atoms with Crippen LogP contribution in [0.1, 0.15) is 5.69 Å². The first-order valence-corrected chi connectivity index (χ1v) is 10.4. The lowest BCUT2D eigenvalue weighted by Gasteiger charge is -2.05. The Morgan fingerprint density at radius 2 is 1.30 bits per heavy atom. The molecule has 0 amide bonds. The molecule has 0 aliphatic carbocycles. The Labute approximate surface area is 177 Å². The van der Waals surface area contributed by atoms with Gasteiger partial charge in [0.15, 0.2) is 0 Å². The van der Waals surface area contributed by atoms with Crippen LogP contribution in [0.25, 0.3) is 32.2 Å². The number of para-hydroxylation sites is 2. The number of aryl methyl sites for hydroxylation is 1. The van der Waals surface area contributed by atoms with Gasteiger partial charge in [0.05, 0.1) is 27.3 Å². The van der Waals surface area contributed by atoms with Crippen molar-refractivity contribution in [1.29, 1.82) is 0 Å². The van der Waals surface area contributed by atoms with Gasteiger partial charge in [-0.3, -0.25) is 0 Å². The van der Waals surface area contributed by atoms with Crippen LogP contribution >= 0.6 is 11.3 Å². The Hall–Kier alpha value is -3.77. The summed E-state index contributed by atoms with van der Waals surface area (Å²) < 4.78 is 0. The maximum atomic E-state index is 4.88. The van der Waals surface area contributed by atoms with E-state index >= 15 is 0 Å². The van der Waals surface area contributed by atoms with Crippen molar-refractivity contribution in [3.63, 3.8) is 0 Å². The monoisotopic (exact) mass is 407 g/mol. The summed E-state index contributed by atoms with van der Waals surface area (Å²) in [6.45, 7) is 1.99. The third-order valence-electron chi connectivity index (χ3n) is 4.60. The van der Waals surface area contributed by atoms with E-state index in [0.29, 0.717) is 11.5 Å². The van der Waals surface area contributed by atoms with Gasteiger partial charge in [0, 0.05) is 5.56 Å². The lowest BCUT2D eigenvalue weighted by Crippen LogP contribution is -1.90. The van der Waals surface area contributed by atoms with Crippen molar-refractivity contribution in [3.05, 3.63) is 90.6 Å². The van der Waals surface area contributed by atoms with Crippen molar-refractivity contribution >= 4 is 33.9 Å². The molecule has 0 aliphatic heterocycles. The van der Waals surface area contributed by atoms with E-state index in [0.717, 1.165) is 37.9 Å². The average molecular weight is 408 g/mol. The summed E-state index contributed by atoms with van der Waals surface area (Å²) >= 11 is 1.59. The molecule has 0 saturated carbocycles. The van der Waals surface area contributed by atoms with E-state index in [-0.39, 0.29) is 0 Å². The molecular formula is C24H17N5S. The minimum absolute atomic E-state index is 0.490. The Morgan fingerprint density at radius 3 is 2.03 bits per heavy atom. The van der Waals surface area contributed by atoms with Gasteiger partial charge in [-0.15, -0.1) is 21.6 Å². The maximum Gasteiger partial charge on any atom is 0.202 e. The van der Waals surface area contributed by atoms with Crippen LogP contribution < -0.4 is 0 Å². The van der Waals surface area contributed by atoms with E-state index in [1.54, 1.807) is 11.3 Å². The molecular weight excluding hydrogens is 390 g/mol. The van der Waals surface area contributed by atoms with Gasteiger partial charge in [0.1, 0.15) is 10.7 Å². The van der Waals surface area contributed by atoms with E-state index in [1.165, 1.54) is 0 Å². The molecule has 6 heteroatoms. The smallest absolute Gasteiger partial charge is 0.202 e. The Bertz CT molecular complexity index is 1340. The van der Waals surface area contributed by atoms with Crippen molar-refractivity contribution in [1.82, 2.24) is 15.0 Å². The Kier molecular flexibility index (Phi) is 4.83. The van der Waals surface area contributed by atoms with Gasteiger partial charge in [-0.25, -0.2) is 15.0 Å². The van der Waals surface area contributed by atoms with Gasteiger partial charge in [0.25, 0.3) is 0 Å². The van der Waals surface area contributed by atoms with E-state index in [9.17, 15) is 0 Å². The number of azo groups is 1. The molecule has 5 rings (SSSR count). The van der Waals surface area contributed by atoms with Crippen molar-refractivity contribution in [2.75, 3.05) is 0 Å². The minimum Gasteiger partial charge on any atom is -0.241 e. The lowest BCUT2D eigenvalue weighted by atomic mass is 10.2. The van der Waals surface area contributed by atoms with E-state index < -0.39 is 0 Å². The van der Waals surface area contributed by atoms with Gasteiger partial charge in [0.2, 0.25) is 5.82 Å². The summed E-state index contributed by atoms with van der Waals surface area (Å²) in [5, 5.41) is 9.78. The Morgan fingerprint density at radius 1 is 0.667 bits per heavy atom. The number of nitrogens with zero attached hydrogens (tertiary/aromatic N) is 5. The lowest BCUT2D eigenvalue weighted by molar-refractivity contribution is 1.15. The molecule has 0 aliphatic rings. The van der Waals surface area contributed by atoms with Crippen LogP contribution in [0.5, 0.6) is 0 Å². The molecule has 0 unspecified atom stereocenters. The fourth-order valence-electron chi connectivity index (χ4n) is 3.13. The summed E-state index contributed by atoms with van der Waals surface area (Å²) in [6.07, 6.45) is 0. The first-order chi connectivity index (χ1) is 14.8. The quantitative estimate of drug-likeness (QED) is 0.297. The number of hydrogen-bond acceptors (Lipinski definition) is 6. The summed E-state index contributed by atoms with van der Waals surface area (Å²) in [5.41, 5.74) is 5.06. The van der Waals surface area contributed by atoms with Crippen LogP contribution in [0.2, 0.25) is 0 Å². The zero-order valence-corrected chi connectivity index (χ0v) is 17.0. The normalized spacial score (nSPS) is 11.4. The fourth-order valence-corrected chi connectivity index (χ4v) is 4.19. The summed E-state index contributed by atoms with van der Waals surface area (Å²) in [5.74, 6) is 0.490. The molecule has 0 N–H and O–H groups in total. The number of benzene rings is 3. The van der Waals surface area contributed by atoms with Gasteiger partial charge in [-0.2, -0.15) is 0 Å². The molecule has 0 atom stereocenters. The molecule has 2 heterocycles. The van der Waals surface area contributed by atoms with Gasteiger partial charge >= 0.3 is 0 Å². The van der Waals surface area contributed by atoms with Crippen LogP contribution in [-0.2, 0) is 0 Å². The van der Waals surface area contributed by atoms with Crippen molar-refractivity contribution in [2.45, 2.75) is 6.92 Å². The SMILES string of the molecule is Cc1nc(-c2ccccc2)sc1-c1nc2ccccc2nc1N=Nc1ccccc1. The standard InChI is InChI=1S/C24H17N5S/c1-16-22(30-24(25-16)17-10-4-2-5-11-17)21-23(29-28-18-12-6-3-7-13-18)27-20-15-9-8-14-19(20)26-21/h2-15H,1H3. The zero-order chi connectivity index (χ0) is 20.3. The highest BCUT2D eigenvalue weighted by atomic mass is 32.1. The van der Waals surface area contributed by atoms with E-state index in [1.807, 2.05) is 79.7 Å². The summed E-state index contributed by atoms with van der Waals surface area (Å²) in [6, 6.07) is 27.6. The fraction of sp³-hybridized carbons (Fsp3) is 0.0417. The number of fused-ring (bicyclic) bond motifs is 1. The minimum atomic E-state index is 0.490. The number of aromatic nitrogens is 3. The number of thiazole rings is 1. The molecule has 0 saturated heterocycles. The van der Waals surface area contributed by atoms with E-state index in [4.69, 9.17) is 15.0 Å². The highest BCUT2D eigenvalue weighted by Gasteiger charge is 2.18. The second-order valence-electron chi connectivity index (χ2n) is 6.72. The summed E-state index contributed by atoms with van der Waals surface area (Å²) in [4.78, 5) is 15.4. The molecule has 0 spiro atoms. The maximum absolute atomic E-state index is 4.88. The molecule has 144 valence electrons. The molecule has 5 nitrogen and oxygen atoms in total. The first kappa shape index (κ1) is 18.3. The van der Waals surface area contributed by atoms with Gasteiger partial charge in [-0.1, -0.05) is 60.7 Å². The van der Waals surface area contributed by atoms with Crippen LogP contribution in [0.4, 0.5) is 11.5 Å². The molecule has 0 bridgehead atoms. The van der Waals surface area contributed by atoms with E-state index in [2.05, 4.69) is 22.4 Å². The average Bonchev–Trinajstić information content (AvgIpc) is 3.20. The highest BCUT2D eigenvalue weighted by Crippen LogP contribution is 2.39. The third kappa shape index (κ3) is 3.60. The molecule has 2 aromatic heterocycles. The predicted octanol–water partition coefficient (Wildman–Crippen LogP) is 7.14. The topological polar surface area (TPSA) is 63.4 Å². The Balaban J connectivity index is 1.66. The number of hydrogen-bond donors (Lipinski definition) is 0. The van der Waals surface area contributed by atoms with Crippen molar-refractivity contribution < 1.29 is 0 Å². The molecule has 0 fully saturated rings. The largest absolute Gasteiger partial charge is 0.241 e.